The third-order valence-electron chi connectivity index (χ3n) is 10.5. The number of halogens is 1. The van der Waals surface area contributed by atoms with Crippen LogP contribution in [0.3, 0.4) is 0 Å². The molecule has 1 aliphatic carbocycles. The van der Waals surface area contributed by atoms with Crippen molar-refractivity contribution in [1.29, 1.82) is 0 Å². The molecule has 0 spiro atoms. The van der Waals surface area contributed by atoms with Crippen LogP contribution in [-0.2, 0) is 14.0 Å². The number of hydrogen-bond donors (Lipinski definition) is 3. The Morgan fingerprint density at radius 2 is 1.62 bits per heavy atom. The number of nitrogens with zero attached hydrogens (tertiary/aromatic N) is 1. The predicted molar refractivity (Wildman–Crippen MR) is 202 cm³/mol. The molecule has 1 saturated heterocycles. The van der Waals surface area contributed by atoms with Crippen LogP contribution in [0.15, 0.2) is 95.6 Å². The van der Waals surface area contributed by atoms with Crippen molar-refractivity contribution in [2.24, 2.45) is 17.8 Å². The highest BCUT2D eigenvalue weighted by Gasteiger charge is 2.55. The number of benzene rings is 3. The summed E-state index contributed by atoms with van der Waals surface area (Å²) in [6.07, 6.45) is 3.90. The average molecular weight is 716 g/mol. The van der Waals surface area contributed by atoms with Crippen LogP contribution in [0.2, 0.25) is 10.1 Å². The number of likely N-dealkylation sites (tertiary alicyclic amines) is 1. The van der Waals surface area contributed by atoms with Gasteiger partial charge in [0.05, 0.1) is 36.2 Å². The molecule has 0 bridgehead atoms. The highest BCUT2D eigenvalue weighted by molar-refractivity contribution is 6.99. The first-order valence-corrected chi connectivity index (χ1v) is 19.9. The molecule has 1 aliphatic heterocycles. The Kier molecular flexibility index (Phi) is 11.9. The van der Waals surface area contributed by atoms with Gasteiger partial charge in [0.15, 0.2) is 0 Å². The van der Waals surface area contributed by atoms with E-state index in [2.05, 4.69) is 52.0 Å². The Morgan fingerprint density at radius 1 is 1.00 bits per heavy atom. The standard InChI is InChI=1S/C41H50ClNO6Si/c1-6-13-27(22-28-19-20-30(45)24-35(28)42)18-21-36(46)37-29(23-33-38(34(37)25-44)40(48)43(5)39(33)47)26-49-50(41(2,3)4,31-14-9-7-10-15-31)32-16-11-8-12-17-32/h7-12,14-17,19-20,22,24,33-34,36,38,44-46H,6,13,18,21,23,25-26H2,1-5H3/b27-22+/t33-,34+,36-,38-/m1/s1. The lowest BCUT2D eigenvalue weighted by molar-refractivity contribution is -0.138. The fourth-order valence-electron chi connectivity index (χ4n) is 8.13. The van der Waals surface area contributed by atoms with Crippen molar-refractivity contribution in [3.05, 3.63) is 106 Å². The highest BCUT2D eigenvalue weighted by atomic mass is 35.5. The summed E-state index contributed by atoms with van der Waals surface area (Å²) in [5.41, 5.74) is 3.27. The van der Waals surface area contributed by atoms with E-state index in [4.69, 9.17) is 16.0 Å². The van der Waals surface area contributed by atoms with Gasteiger partial charge in [-0.2, -0.15) is 0 Å². The number of carbonyl (C=O) groups excluding carboxylic acids is 2. The maximum atomic E-state index is 13.4. The summed E-state index contributed by atoms with van der Waals surface area (Å²) in [6.45, 7) is 8.48. The first-order chi connectivity index (χ1) is 23.8. The Balaban J connectivity index is 1.57. The summed E-state index contributed by atoms with van der Waals surface area (Å²) in [4.78, 5) is 28.0. The molecule has 266 valence electrons. The van der Waals surface area contributed by atoms with Crippen LogP contribution < -0.4 is 10.4 Å². The van der Waals surface area contributed by atoms with Gasteiger partial charge in [-0.3, -0.25) is 14.5 Å². The van der Waals surface area contributed by atoms with E-state index in [9.17, 15) is 24.9 Å². The molecule has 1 heterocycles. The molecule has 3 N–H and O–H groups in total. The second kappa shape index (κ2) is 15.8. The van der Waals surface area contributed by atoms with E-state index in [-0.39, 0.29) is 42.2 Å². The summed E-state index contributed by atoms with van der Waals surface area (Å²) in [7, 11) is -1.49. The van der Waals surface area contributed by atoms with Crippen molar-refractivity contribution in [1.82, 2.24) is 4.90 Å². The van der Waals surface area contributed by atoms with Gasteiger partial charge >= 0.3 is 0 Å². The molecule has 5 rings (SSSR count). The number of fused-ring (bicyclic) bond motifs is 1. The Labute approximate surface area is 302 Å². The molecule has 0 radical (unpaired) electrons. The van der Waals surface area contributed by atoms with Gasteiger partial charge in [-0.15, -0.1) is 0 Å². The van der Waals surface area contributed by atoms with Gasteiger partial charge < -0.3 is 19.7 Å². The normalized spacial score (nSPS) is 20.8. The van der Waals surface area contributed by atoms with Crippen LogP contribution in [0.4, 0.5) is 0 Å². The van der Waals surface area contributed by atoms with Gasteiger partial charge in [0.25, 0.3) is 8.32 Å². The molecule has 0 aromatic heterocycles. The maximum absolute atomic E-state index is 13.4. The SMILES string of the molecule is CCC/C(=C\c1ccc(O)cc1Cl)CC[C@@H](O)C1=C(CO[Si](c2ccccc2)(c2ccccc2)C(C)(C)C)C[C@H]2C(=O)N(C)C(=O)[C@H]2[C@H]1CO. The molecule has 50 heavy (non-hydrogen) atoms. The Hall–Kier alpha value is -3.53. The van der Waals surface area contributed by atoms with E-state index in [1.54, 1.807) is 12.1 Å². The minimum Gasteiger partial charge on any atom is -0.508 e. The van der Waals surface area contributed by atoms with E-state index in [0.717, 1.165) is 39.9 Å². The van der Waals surface area contributed by atoms with Crippen molar-refractivity contribution in [3.63, 3.8) is 0 Å². The number of phenols is 1. The molecular weight excluding hydrogens is 666 g/mol. The quantitative estimate of drug-likeness (QED) is 0.106. The average Bonchev–Trinajstić information content (AvgIpc) is 3.31. The van der Waals surface area contributed by atoms with Crippen molar-refractivity contribution in [2.75, 3.05) is 20.3 Å². The molecular formula is C41H50ClNO6Si. The summed E-state index contributed by atoms with van der Waals surface area (Å²) in [6, 6.07) is 25.5. The minimum absolute atomic E-state index is 0.0932. The zero-order valence-electron chi connectivity index (χ0n) is 29.7. The topological polar surface area (TPSA) is 107 Å². The minimum atomic E-state index is -2.99. The predicted octanol–water partition coefficient (Wildman–Crippen LogP) is 6.49. The smallest absolute Gasteiger partial charge is 0.261 e. The number of allylic oxidation sites excluding steroid dienone is 1. The van der Waals surface area contributed by atoms with E-state index >= 15 is 0 Å². The second-order valence-electron chi connectivity index (χ2n) is 14.7. The van der Waals surface area contributed by atoms with Crippen LogP contribution in [0.5, 0.6) is 5.75 Å². The third-order valence-corrected chi connectivity index (χ3v) is 15.8. The zero-order valence-corrected chi connectivity index (χ0v) is 31.5. The molecule has 0 unspecified atom stereocenters. The molecule has 4 atom stereocenters. The Bertz CT molecular complexity index is 1700. The van der Waals surface area contributed by atoms with E-state index in [0.29, 0.717) is 23.4 Å². The lowest BCUT2D eigenvalue weighted by atomic mass is 9.68. The molecule has 3 aromatic rings. The van der Waals surface area contributed by atoms with E-state index < -0.39 is 32.2 Å². The van der Waals surface area contributed by atoms with Crippen LogP contribution in [0, 0.1) is 17.8 Å². The number of aliphatic hydroxyl groups is 2. The van der Waals surface area contributed by atoms with Gasteiger partial charge in [0.1, 0.15) is 5.75 Å². The number of carbonyl (C=O) groups is 2. The number of amides is 2. The molecule has 9 heteroatoms. The molecule has 0 saturated carbocycles. The van der Waals surface area contributed by atoms with Crippen LogP contribution in [0.1, 0.15) is 65.4 Å². The summed E-state index contributed by atoms with van der Waals surface area (Å²) >= 11 is 6.43. The summed E-state index contributed by atoms with van der Waals surface area (Å²) < 4.78 is 7.31. The van der Waals surface area contributed by atoms with Crippen LogP contribution in [0.25, 0.3) is 6.08 Å². The maximum Gasteiger partial charge on any atom is 0.261 e. The van der Waals surface area contributed by atoms with E-state index in [1.807, 2.05) is 42.5 Å². The van der Waals surface area contributed by atoms with Gasteiger partial charge in [0, 0.05) is 13.0 Å². The molecule has 2 aliphatic rings. The van der Waals surface area contributed by atoms with E-state index in [1.165, 1.54) is 18.0 Å². The van der Waals surface area contributed by atoms with Crippen molar-refractivity contribution < 1.29 is 29.3 Å². The first kappa shape index (κ1) is 37.7. The van der Waals surface area contributed by atoms with Gasteiger partial charge in [-0.05, 0) is 76.0 Å². The monoisotopic (exact) mass is 715 g/mol. The summed E-state index contributed by atoms with van der Waals surface area (Å²) in [5.74, 6) is -2.55. The number of rotatable bonds is 13. The number of aliphatic hydroxyl groups excluding tert-OH is 2. The fourth-order valence-corrected chi connectivity index (χ4v) is 12.9. The van der Waals surface area contributed by atoms with Gasteiger partial charge in [-0.1, -0.05) is 118 Å². The molecule has 7 nitrogen and oxygen atoms in total. The number of aromatic hydroxyl groups is 1. The van der Waals surface area contributed by atoms with Crippen LogP contribution in [-0.4, -0.2) is 66.7 Å². The molecule has 1 fully saturated rings. The number of hydrogen-bond acceptors (Lipinski definition) is 6. The van der Waals surface area contributed by atoms with Gasteiger partial charge in [0.2, 0.25) is 11.8 Å². The third kappa shape index (κ3) is 7.41. The van der Waals surface area contributed by atoms with Crippen molar-refractivity contribution >= 4 is 48.2 Å². The van der Waals surface area contributed by atoms with Crippen molar-refractivity contribution in [2.45, 2.75) is 70.9 Å². The first-order valence-electron chi connectivity index (χ1n) is 17.6. The molecule has 3 aromatic carbocycles. The number of phenolic OH excluding ortho intramolecular Hbond substituents is 1. The van der Waals surface area contributed by atoms with Gasteiger partial charge in [-0.25, -0.2) is 0 Å². The van der Waals surface area contributed by atoms with Crippen molar-refractivity contribution in [3.8, 4) is 5.75 Å². The fraction of sp³-hybridized carbons (Fsp3) is 0.415. The zero-order chi connectivity index (χ0) is 36.2. The van der Waals surface area contributed by atoms with Crippen LogP contribution >= 0.6 is 11.6 Å². The largest absolute Gasteiger partial charge is 0.508 e. The number of imide groups is 1. The highest BCUT2D eigenvalue weighted by Crippen LogP contribution is 2.47. The summed E-state index contributed by atoms with van der Waals surface area (Å²) in [5, 5.41) is 35.2. The second-order valence-corrected chi connectivity index (χ2v) is 19.4. The lowest BCUT2D eigenvalue weighted by Crippen LogP contribution is -2.66. The Morgan fingerprint density at radius 3 is 2.16 bits per heavy atom. The molecule has 2 amide bonds. The lowest BCUT2D eigenvalue weighted by Gasteiger charge is -2.44.